The molecule has 8 heteroatoms. The van der Waals surface area contributed by atoms with E-state index in [0.717, 1.165) is 0 Å². The number of primary amides is 1. The van der Waals surface area contributed by atoms with Crippen molar-refractivity contribution >= 4 is 35.2 Å². The Morgan fingerprint density at radius 1 is 1.26 bits per heavy atom. The van der Waals surface area contributed by atoms with Crippen molar-refractivity contribution in [2.24, 2.45) is 5.73 Å². The van der Waals surface area contributed by atoms with Crippen LogP contribution >= 0.6 is 11.6 Å². The number of halogens is 1. The molecule has 2 rings (SSSR count). The summed E-state index contributed by atoms with van der Waals surface area (Å²) in [6, 6.07) is 13.2. The van der Waals surface area contributed by atoms with Crippen molar-refractivity contribution in [2.75, 3.05) is 19.0 Å². The quantitative estimate of drug-likeness (QED) is 0.561. The highest BCUT2D eigenvalue weighted by Gasteiger charge is 2.12. The number of carbonyl (C=O) groups excluding carboxylic acids is 2. The summed E-state index contributed by atoms with van der Waals surface area (Å²) in [6.07, 6.45) is 1.40. The molecule has 0 atom stereocenters. The first-order chi connectivity index (χ1) is 12.9. The number of rotatable bonds is 7. The van der Waals surface area contributed by atoms with Crippen LogP contribution in [-0.2, 0) is 9.59 Å². The zero-order chi connectivity index (χ0) is 19.8. The Bertz CT molecular complexity index is 935. The lowest BCUT2D eigenvalue weighted by Crippen LogP contribution is -2.20. The third-order valence-electron chi connectivity index (χ3n) is 3.32. The van der Waals surface area contributed by atoms with Gasteiger partial charge in [-0.05, 0) is 42.0 Å². The molecule has 0 aliphatic carbocycles. The van der Waals surface area contributed by atoms with Gasteiger partial charge in [0, 0.05) is 10.7 Å². The number of nitriles is 1. The maximum absolute atomic E-state index is 12.3. The number of carbonyl (C=O) groups is 2. The van der Waals surface area contributed by atoms with Crippen molar-refractivity contribution in [2.45, 2.75) is 0 Å². The van der Waals surface area contributed by atoms with Crippen LogP contribution in [0.15, 0.2) is 48.0 Å². The summed E-state index contributed by atoms with van der Waals surface area (Å²) in [5.41, 5.74) is 5.95. The highest BCUT2D eigenvalue weighted by atomic mass is 35.5. The summed E-state index contributed by atoms with van der Waals surface area (Å²) in [5.74, 6) is -0.550. The number of hydrogen-bond donors (Lipinski definition) is 2. The zero-order valence-electron chi connectivity index (χ0n) is 14.4. The van der Waals surface area contributed by atoms with E-state index in [1.54, 1.807) is 42.5 Å². The van der Waals surface area contributed by atoms with Gasteiger partial charge in [0.05, 0.1) is 7.11 Å². The molecule has 7 nitrogen and oxygen atoms in total. The van der Waals surface area contributed by atoms with E-state index < -0.39 is 11.8 Å². The van der Waals surface area contributed by atoms with E-state index in [0.29, 0.717) is 27.8 Å². The molecule has 3 N–H and O–H groups in total. The second-order valence-electron chi connectivity index (χ2n) is 5.30. The minimum Gasteiger partial charge on any atom is -0.493 e. The van der Waals surface area contributed by atoms with Gasteiger partial charge in [0.1, 0.15) is 11.6 Å². The fourth-order valence-corrected chi connectivity index (χ4v) is 2.31. The molecule has 0 aromatic heterocycles. The van der Waals surface area contributed by atoms with Gasteiger partial charge < -0.3 is 20.5 Å². The van der Waals surface area contributed by atoms with Gasteiger partial charge in [-0.25, -0.2) is 0 Å². The normalized spacial score (nSPS) is 10.6. The van der Waals surface area contributed by atoms with E-state index in [1.165, 1.54) is 13.2 Å². The standard InChI is InChI=1S/C19H16ClN3O4/c1-26-17-8-12(5-6-16(17)27-11-18(22)24)7-13(10-21)19(25)23-15-4-2-3-14(20)9-15/h2-9H,11H2,1H3,(H2,22,24)(H,23,25)/b13-7+. The number of ether oxygens (including phenoxy) is 2. The van der Waals surface area contributed by atoms with Crippen molar-refractivity contribution in [1.29, 1.82) is 5.26 Å². The lowest BCUT2D eigenvalue weighted by atomic mass is 10.1. The van der Waals surface area contributed by atoms with Gasteiger partial charge in [-0.15, -0.1) is 0 Å². The molecule has 27 heavy (non-hydrogen) atoms. The molecular formula is C19H16ClN3O4. The van der Waals surface area contributed by atoms with Crippen LogP contribution in [0.1, 0.15) is 5.56 Å². The molecule has 2 aromatic carbocycles. The van der Waals surface area contributed by atoms with Crippen LogP contribution in [-0.4, -0.2) is 25.5 Å². The molecule has 0 radical (unpaired) electrons. The minimum absolute atomic E-state index is 0.108. The van der Waals surface area contributed by atoms with Gasteiger partial charge in [-0.3, -0.25) is 9.59 Å². The predicted octanol–water partition coefficient (Wildman–Crippen LogP) is 2.76. The average Bonchev–Trinajstić information content (AvgIpc) is 2.64. The average molecular weight is 386 g/mol. The Hall–Kier alpha value is -3.50. The van der Waals surface area contributed by atoms with Crippen LogP contribution in [0.4, 0.5) is 5.69 Å². The molecule has 0 fully saturated rings. The molecule has 2 amide bonds. The van der Waals surface area contributed by atoms with Crippen molar-refractivity contribution < 1.29 is 19.1 Å². The van der Waals surface area contributed by atoms with E-state index in [-0.39, 0.29) is 12.2 Å². The van der Waals surface area contributed by atoms with Gasteiger partial charge in [-0.2, -0.15) is 5.26 Å². The van der Waals surface area contributed by atoms with Gasteiger partial charge in [0.25, 0.3) is 11.8 Å². The van der Waals surface area contributed by atoms with Crippen LogP contribution < -0.4 is 20.5 Å². The number of methoxy groups -OCH3 is 1. The third kappa shape index (κ3) is 5.76. The third-order valence-corrected chi connectivity index (χ3v) is 3.55. The second kappa shape index (κ2) is 9.27. The summed E-state index contributed by atoms with van der Waals surface area (Å²) in [6.45, 7) is -0.295. The Morgan fingerprint density at radius 3 is 2.67 bits per heavy atom. The summed E-state index contributed by atoms with van der Waals surface area (Å²) in [5, 5.41) is 12.4. The molecule has 0 unspecified atom stereocenters. The van der Waals surface area contributed by atoms with Crippen molar-refractivity contribution in [1.82, 2.24) is 0 Å². The fourth-order valence-electron chi connectivity index (χ4n) is 2.12. The van der Waals surface area contributed by atoms with Crippen molar-refractivity contribution in [3.63, 3.8) is 0 Å². The molecular weight excluding hydrogens is 370 g/mol. The van der Waals surface area contributed by atoms with Gasteiger partial charge in [0.2, 0.25) is 0 Å². The van der Waals surface area contributed by atoms with Crippen molar-refractivity contribution in [3.05, 3.63) is 58.6 Å². The monoisotopic (exact) mass is 385 g/mol. The topological polar surface area (TPSA) is 114 Å². The molecule has 138 valence electrons. The number of anilines is 1. The maximum Gasteiger partial charge on any atom is 0.266 e. The fraction of sp³-hybridized carbons (Fsp3) is 0.105. The van der Waals surface area contributed by atoms with Gasteiger partial charge in [-0.1, -0.05) is 23.7 Å². The lowest BCUT2D eigenvalue weighted by Gasteiger charge is -2.10. The maximum atomic E-state index is 12.3. The van der Waals surface area contributed by atoms with Crippen LogP contribution in [0.3, 0.4) is 0 Å². The number of nitrogens with zero attached hydrogens (tertiary/aromatic N) is 1. The number of nitrogens with one attached hydrogen (secondary N) is 1. The van der Waals surface area contributed by atoms with E-state index >= 15 is 0 Å². The summed E-state index contributed by atoms with van der Waals surface area (Å²) in [4.78, 5) is 23.1. The predicted molar refractivity (Wildman–Crippen MR) is 101 cm³/mol. The van der Waals surface area contributed by atoms with E-state index in [1.807, 2.05) is 6.07 Å². The number of nitrogens with two attached hydrogens (primary N) is 1. The van der Waals surface area contributed by atoms with E-state index in [9.17, 15) is 14.9 Å². The molecule has 0 saturated carbocycles. The van der Waals surface area contributed by atoms with E-state index in [4.69, 9.17) is 26.8 Å². The Labute approximate surface area is 160 Å². The molecule has 0 bridgehead atoms. The molecule has 0 spiro atoms. The Kier molecular flexibility index (Phi) is 6.80. The summed E-state index contributed by atoms with van der Waals surface area (Å²) >= 11 is 5.88. The Balaban J connectivity index is 2.22. The molecule has 0 aliphatic heterocycles. The zero-order valence-corrected chi connectivity index (χ0v) is 15.1. The minimum atomic E-state index is -0.620. The van der Waals surface area contributed by atoms with Crippen molar-refractivity contribution in [3.8, 4) is 17.6 Å². The van der Waals surface area contributed by atoms with Crippen LogP contribution in [0.5, 0.6) is 11.5 Å². The molecule has 0 heterocycles. The first kappa shape index (κ1) is 19.8. The smallest absolute Gasteiger partial charge is 0.266 e. The first-order valence-corrected chi connectivity index (χ1v) is 8.08. The first-order valence-electron chi connectivity index (χ1n) is 7.70. The number of amides is 2. The van der Waals surface area contributed by atoms with E-state index in [2.05, 4.69) is 5.32 Å². The molecule has 2 aromatic rings. The van der Waals surface area contributed by atoms with Crippen LogP contribution in [0, 0.1) is 11.3 Å². The SMILES string of the molecule is COc1cc(/C=C(\C#N)C(=O)Nc2cccc(Cl)c2)ccc1OCC(N)=O. The summed E-state index contributed by atoms with van der Waals surface area (Å²) in [7, 11) is 1.43. The van der Waals surface area contributed by atoms with Crippen LogP contribution in [0.25, 0.3) is 6.08 Å². The van der Waals surface area contributed by atoms with Crippen LogP contribution in [0.2, 0.25) is 5.02 Å². The summed E-state index contributed by atoms with van der Waals surface area (Å²) < 4.78 is 10.4. The largest absolute Gasteiger partial charge is 0.493 e. The molecule has 0 aliphatic rings. The Morgan fingerprint density at radius 2 is 2.04 bits per heavy atom. The number of benzene rings is 2. The van der Waals surface area contributed by atoms with Gasteiger partial charge in [0.15, 0.2) is 18.1 Å². The molecule has 0 saturated heterocycles. The second-order valence-corrected chi connectivity index (χ2v) is 5.74. The highest BCUT2D eigenvalue weighted by Crippen LogP contribution is 2.29. The highest BCUT2D eigenvalue weighted by molar-refractivity contribution is 6.31. The lowest BCUT2D eigenvalue weighted by molar-refractivity contribution is -0.120. The number of hydrogen-bond acceptors (Lipinski definition) is 5. The van der Waals surface area contributed by atoms with Gasteiger partial charge >= 0.3 is 0 Å².